The van der Waals surface area contributed by atoms with E-state index in [1.165, 1.54) is 4.90 Å². The van der Waals surface area contributed by atoms with Crippen LogP contribution < -0.4 is 9.80 Å². The molecule has 3 unspecified atom stereocenters. The monoisotopic (exact) mass is 569 g/mol. The first kappa shape index (κ1) is 30.2. The number of hydrogen-bond acceptors (Lipinski definition) is 7. The molecule has 0 saturated carbocycles. The summed E-state index contributed by atoms with van der Waals surface area (Å²) in [5.41, 5.74) is 1.80. The number of carbonyl (C=O) groups excluding carboxylic acids is 3. The number of benzene rings is 1. The number of nitrogens with zero attached hydrogens (tertiary/aromatic N) is 3. The van der Waals surface area contributed by atoms with Crippen molar-refractivity contribution in [3.05, 3.63) is 49.6 Å². The lowest BCUT2D eigenvalue weighted by atomic mass is 9.66. The summed E-state index contributed by atoms with van der Waals surface area (Å²) < 4.78 is 4.87. The molecule has 0 aliphatic carbocycles. The average Bonchev–Trinajstić information content (AvgIpc) is 3.54. The molecule has 4 rings (SSSR count). The lowest BCUT2D eigenvalue weighted by Gasteiger charge is -2.40. The van der Waals surface area contributed by atoms with E-state index < -0.39 is 22.6 Å². The van der Waals surface area contributed by atoms with Crippen LogP contribution in [-0.2, 0) is 19.1 Å². The van der Waals surface area contributed by atoms with Gasteiger partial charge in [0.2, 0.25) is 5.91 Å². The molecule has 2 amide bonds. The number of thioether (sulfide) groups is 1. The molecule has 8 nitrogen and oxygen atoms in total. The Morgan fingerprint density at radius 3 is 2.45 bits per heavy atom. The van der Waals surface area contributed by atoms with Gasteiger partial charge in [-0.1, -0.05) is 19.1 Å². The number of esters is 1. The zero-order chi connectivity index (χ0) is 29.0. The maximum atomic E-state index is 14.5. The first-order valence-corrected chi connectivity index (χ1v) is 15.3. The van der Waals surface area contributed by atoms with Gasteiger partial charge >= 0.3 is 5.97 Å². The number of aliphatic hydroxyl groups is 1. The Morgan fingerprint density at radius 1 is 1.18 bits per heavy atom. The summed E-state index contributed by atoms with van der Waals surface area (Å²) in [6, 6.07) is 7.08. The van der Waals surface area contributed by atoms with Crippen LogP contribution >= 0.6 is 11.8 Å². The predicted molar refractivity (Wildman–Crippen MR) is 160 cm³/mol. The SMILES string of the molecule is C=CCCCOC(=O)[C@@H]1[C@H]2C(=O)N(CCO)C(C(=O)N(CC=C)c3ccc(N(CC)CC)cc3)C23S[C@@H]1CC3C. The molecular formula is C31H43N3O5S. The summed E-state index contributed by atoms with van der Waals surface area (Å²) in [4.78, 5) is 47.3. The fourth-order valence-corrected chi connectivity index (χ4v) is 9.35. The van der Waals surface area contributed by atoms with Crippen LogP contribution in [0.5, 0.6) is 0 Å². The Balaban J connectivity index is 1.69. The Kier molecular flexibility index (Phi) is 9.67. The van der Waals surface area contributed by atoms with E-state index in [1.54, 1.807) is 28.8 Å². The van der Waals surface area contributed by atoms with Crippen molar-refractivity contribution in [1.82, 2.24) is 4.90 Å². The summed E-state index contributed by atoms with van der Waals surface area (Å²) in [6.45, 7) is 16.0. The van der Waals surface area contributed by atoms with Gasteiger partial charge in [0.25, 0.3) is 5.91 Å². The maximum Gasteiger partial charge on any atom is 0.310 e. The van der Waals surface area contributed by atoms with Gasteiger partial charge in [0, 0.05) is 42.8 Å². The highest BCUT2D eigenvalue weighted by Crippen LogP contribution is 2.68. The van der Waals surface area contributed by atoms with Crippen molar-refractivity contribution in [2.75, 3.05) is 49.2 Å². The average molecular weight is 570 g/mol. The van der Waals surface area contributed by atoms with E-state index >= 15 is 0 Å². The molecule has 0 aromatic heterocycles. The molecule has 9 heteroatoms. The first-order chi connectivity index (χ1) is 19.3. The molecule has 1 aromatic carbocycles. The first-order valence-electron chi connectivity index (χ1n) is 14.4. The van der Waals surface area contributed by atoms with Crippen LogP contribution in [0, 0.1) is 17.8 Å². The molecule has 40 heavy (non-hydrogen) atoms. The van der Waals surface area contributed by atoms with E-state index in [-0.39, 0.29) is 55.3 Å². The molecule has 3 aliphatic rings. The molecule has 3 heterocycles. The third-order valence-electron chi connectivity index (χ3n) is 8.76. The number of β-amino-alcohol motifs (C(OH)–C–C–N with tert-alkyl or cyclic N) is 1. The Bertz CT molecular complexity index is 1110. The maximum absolute atomic E-state index is 14.5. The van der Waals surface area contributed by atoms with Crippen molar-refractivity contribution in [2.24, 2.45) is 17.8 Å². The zero-order valence-corrected chi connectivity index (χ0v) is 24.8. The summed E-state index contributed by atoms with van der Waals surface area (Å²) in [5, 5.41) is 9.84. The van der Waals surface area contributed by atoms with Gasteiger partial charge in [-0.2, -0.15) is 0 Å². The number of anilines is 2. The van der Waals surface area contributed by atoms with Crippen LogP contribution in [0.1, 0.15) is 40.0 Å². The van der Waals surface area contributed by atoms with E-state index in [1.807, 2.05) is 24.3 Å². The summed E-state index contributed by atoms with van der Waals surface area (Å²) in [6.07, 6.45) is 5.63. The molecule has 2 bridgehead atoms. The molecule has 218 valence electrons. The van der Waals surface area contributed by atoms with E-state index in [4.69, 9.17) is 4.74 Å². The van der Waals surface area contributed by atoms with Gasteiger partial charge in [0.05, 0.1) is 29.8 Å². The number of amides is 2. The van der Waals surface area contributed by atoms with Gasteiger partial charge in [-0.25, -0.2) is 0 Å². The number of likely N-dealkylation sites (tertiary alicyclic amines) is 1. The second kappa shape index (κ2) is 12.8. The van der Waals surface area contributed by atoms with Gasteiger partial charge in [-0.05, 0) is 63.3 Å². The number of rotatable bonds is 14. The second-order valence-electron chi connectivity index (χ2n) is 10.8. The van der Waals surface area contributed by atoms with Gasteiger partial charge in [0.1, 0.15) is 6.04 Å². The van der Waals surface area contributed by atoms with Gasteiger partial charge in [-0.15, -0.1) is 24.9 Å². The number of fused-ring (bicyclic) bond motifs is 1. The topological polar surface area (TPSA) is 90.4 Å². The number of aliphatic hydroxyl groups excluding tert-OH is 1. The molecule has 1 aromatic rings. The predicted octanol–water partition coefficient (Wildman–Crippen LogP) is 3.89. The largest absolute Gasteiger partial charge is 0.465 e. The molecular weight excluding hydrogens is 526 g/mol. The summed E-state index contributed by atoms with van der Waals surface area (Å²) >= 11 is 1.61. The highest BCUT2D eigenvalue weighted by atomic mass is 32.2. The second-order valence-corrected chi connectivity index (χ2v) is 12.4. The van der Waals surface area contributed by atoms with E-state index in [0.29, 0.717) is 6.42 Å². The van der Waals surface area contributed by atoms with E-state index in [2.05, 4.69) is 38.8 Å². The fraction of sp³-hybridized carbons (Fsp3) is 0.581. The van der Waals surface area contributed by atoms with E-state index in [0.717, 1.165) is 37.3 Å². The van der Waals surface area contributed by atoms with Crippen LogP contribution in [0.2, 0.25) is 0 Å². The van der Waals surface area contributed by atoms with Crippen LogP contribution in [0.4, 0.5) is 11.4 Å². The Labute approximate surface area is 242 Å². The van der Waals surface area contributed by atoms with E-state index in [9.17, 15) is 19.5 Å². The minimum absolute atomic E-state index is 0.0366. The summed E-state index contributed by atoms with van der Waals surface area (Å²) in [5.74, 6) is -2.03. The molecule has 1 spiro atoms. The van der Waals surface area contributed by atoms with Crippen molar-refractivity contribution < 1.29 is 24.2 Å². The van der Waals surface area contributed by atoms with Gasteiger partial charge < -0.3 is 24.5 Å². The van der Waals surface area contributed by atoms with Gasteiger partial charge in [-0.3, -0.25) is 14.4 Å². The highest BCUT2D eigenvalue weighted by Gasteiger charge is 2.76. The number of ether oxygens (including phenoxy) is 1. The van der Waals surface area contributed by atoms with Crippen LogP contribution in [0.25, 0.3) is 0 Å². The minimum atomic E-state index is -0.803. The molecule has 1 N–H and O–H groups in total. The molecule has 0 radical (unpaired) electrons. The number of hydrogen-bond donors (Lipinski definition) is 1. The number of carbonyl (C=O) groups is 3. The number of allylic oxidation sites excluding steroid dienone is 1. The lowest BCUT2D eigenvalue weighted by molar-refractivity contribution is -0.154. The van der Waals surface area contributed by atoms with Crippen LogP contribution in [0.15, 0.2) is 49.6 Å². The zero-order valence-electron chi connectivity index (χ0n) is 24.0. The smallest absolute Gasteiger partial charge is 0.310 e. The minimum Gasteiger partial charge on any atom is -0.465 e. The third-order valence-corrected chi connectivity index (χ3v) is 10.8. The Hall–Kier alpha value is -2.78. The lowest BCUT2D eigenvalue weighted by Crippen LogP contribution is -2.57. The van der Waals surface area contributed by atoms with Crippen molar-refractivity contribution in [1.29, 1.82) is 0 Å². The van der Waals surface area contributed by atoms with Crippen molar-refractivity contribution >= 4 is 40.9 Å². The molecule has 3 saturated heterocycles. The fourth-order valence-electron chi connectivity index (χ4n) is 6.94. The van der Waals surface area contributed by atoms with Crippen LogP contribution in [0.3, 0.4) is 0 Å². The molecule has 3 aliphatic heterocycles. The van der Waals surface area contributed by atoms with Gasteiger partial charge in [0.15, 0.2) is 0 Å². The van der Waals surface area contributed by atoms with Crippen molar-refractivity contribution in [3.8, 4) is 0 Å². The molecule has 3 fully saturated rings. The highest BCUT2D eigenvalue weighted by molar-refractivity contribution is 8.02. The number of unbranched alkanes of at least 4 members (excludes halogenated alkanes) is 1. The van der Waals surface area contributed by atoms with Crippen LogP contribution in [-0.4, -0.2) is 83.2 Å². The third kappa shape index (κ3) is 5.07. The summed E-state index contributed by atoms with van der Waals surface area (Å²) in [7, 11) is 0. The normalized spacial score (nSPS) is 28.4. The Morgan fingerprint density at radius 2 is 1.85 bits per heavy atom. The standard InChI is InChI=1S/C31H43N3O5S/c1-6-10-11-19-39-30(38)25-24-20-21(5)31(40-24)26(25)28(36)34(17-18-35)27(31)29(37)33(16-7-2)23-14-12-22(13-15-23)32(8-3)9-4/h6-7,12-15,21,24-27,35H,1-2,8-11,16-20H2,3-5H3/t21?,24-,25+,26+,27?,31?/m1/s1. The van der Waals surface area contributed by atoms with Crippen molar-refractivity contribution in [2.45, 2.75) is 56.1 Å². The van der Waals surface area contributed by atoms with Crippen molar-refractivity contribution in [3.63, 3.8) is 0 Å². The molecule has 6 atom stereocenters. The quantitative estimate of drug-likeness (QED) is 0.207.